The molecule has 0 aliphatic heterocycles. The molecule has 1 aromatic heterocycles. The molecule has 0 amide bonds. The highest BCUT2D eigenvalue weighted by Crippen LogP contribution is 2.06. The number of aliphatic hydroxyl groups is 1. The van der Waals surface area contributed by atoms with Crippen molar-refractivity contribution >= 4 is 0 Å². The third-order valence-corrected chi connectivity index (χ3v) is 2.00. The van der Waals surface area contributed by atoms with Crippen LogP contribution in [0.4, 0.5) is 0 Å². The maximum Gasteiger partial charge on any atom is 0.0955 e. The van der Waals surface area contributed by atoms with E-state index >= 15 is 0 Å². The Balaban J connectivity index is 2.82. The van der Waals surface area contributed by atoms with Crippen molar-refractivity contribution in [3.05, 3.63) is 29.4 Å². The van der Waals surface area contributed by atoms with Gasteiger partial charge in [0.2, 0.25) is 0 Å². The zero-order valence-corrected chi connectivity index (χ0v) is 8.41. The predicted octanol–water partition coefficient (Wildman–Crippen LogP) is 1.65. The first kappa shape index (κ1) is 9.99. The Labute approximate surface area is 78.7 Å². The van der Waals surface area contributed by atoms with Crippen molar-refractivity contribution in [1.29, 1.82) is 0 Å². The highest BCUT2D eigenvalue weighted by atomic mass is 16.3. The molecule has 0 saturated carbocycles. The first-order valence-electron chi connectivity index (χ1n) is 4.40. The van der Waals surface area contributed by atoms with Crippen molar-refractivity contribution in [2.45, 2.75) is 33.9 Å². The van der Waals surface area contributed by atoms with Crippen LogP contribution in [0.2, 0.25) is 0 Å². The average Bonchev–Trinajstić information content (AvgIpc) is 2.42. The third kappa shape index (κ3) is 2.42. The fourth-order valence-corrected chi connectivity index (χ4v) is 1.15. The number of hydrogen-bond donors (Lipinski definition) is 1. The van der Waals surface area contributed by atoms with Crippen molar-refractivity contribution < 1.29 is 5.11 Å². The van der Waals surface area contributed by atoms with E-state index in [2.05, 4.69) is 24.9 Å². The summed E-state index contributed by atoms with van der Waals surface area (Å²) in [6, 6.07) is 0. The van der Waals surface area contributed by atoms with E-state index in [1.54, 1.807) is 6.33 Å². The van der Waals surface area contributed by atoms with E-state index < -0.39 is 0 Å². The fourth-order valence-electron chi connectivity index (χ4n) is 1.15. The lowest BCUT2D eigenvalue weighted by molar-refractivity contribution is 0.271. The molecule has 3 nitrogen and oxygen atoms in total. The third-order valence-electron chi connectivity index (χ3n) is 2.00. The van der Waals surface area contributed by atoms with Gasteiger partial charge in [0, 0.05) is 6.54 Å². The van der Waals surface area contributed by atoms with Gasteiger partial charge < -0.3 is 9.67 Å². The van der Waals surface area contributed by atoms with Crippen molar-refractivity contribution in [3.8, 4) is 0 Å². The number of rotatable bonds is 3. The van der Waals surface area contributed by atoms with Crippen molar-refractivity contribution in [2.24, 2.45) is 0 Å². The standard InChI is InChI=1S/C10H16N2O/c1-8(2)4-5-12-7-11-9(3)10(12)6-13/h4,7,13H,5-6H2,1-3H3. The number of aryl methyl sites for hydroxylation is 1. The number of allylic oxidation sites excluding steroid dienone is 2. The van der Waals surface area contributed by atoms with Gasteiger partial charge in [0.25, 0.3) is 0 Å². The molecule has 0 atom stereocenters. The van der Waals surface area contributed by atoms with E-state index in [-0.39, 0.29) is 6.61 Å². The summed E-state index contributed by atoms with van der Waals surface area (Å²) in [7, 11) is 0. The lowest BCUT2D eigenvalue weighted by Crippen LogP contribution is -2.01. The molecule has 0 fully saturated rings. The molecule has 1 heterocycles. The van der Waals surface area contributed by atoms with Crippen LogP contribution in [0, 0.1) is 6.92 Å². The van der Waals surface area contributed by atoms with Gasteiger partial charge in [0.1, 0.15) is 0 Å². The number of aliphatic hydroxyl groups excluding tert-OH is 1. The largest absolute Gasteiger partial charge is 0.390 e. The van der Waals surface area contributed by atoms with E-state index in [9.17, 15) is 0 Å². The van der Waals surface area contributed by atoms with E-state index in [4.69, 9.17) is 5.11 Å². The molecule has 72 valence electrons. The number of aromatic nitrogens is 2. The second kappa shape index (κ2) is 4.23. The minimum absolute atomic E-state index is 0.0580. The number of imidazole rings is 1. The molecule has 1 rings (SSSR count). The average molecular weight is 180 g/mol. The molecule has 0 saturated heterocycles. The topological polar surface area (TPSA) is 38.0 Å². The molecule has 0 radical (unpaired) electrons. The maximum atomic E-state index is 9.07. The zero-order valence-electron chi connectivity index (χ0n) is 8.41. The van der Waals surface area contributed by atoms with Gasteiger partial charge in [-0.1, -0.05) is 11.6 Å². The summed E-state index contributed by atoms with van der Waals surface area (Å²) in [5, 5.41) is 9.07. The van der Waals surface area contributed by atoms with Gasteiger partial charge in [-0.2, -0.15) is 0 Å². The first-order chi connectivity index (χ1) is 6.15. The Morgan fingerprint density at radius 1 is 1.62 bits per heavy atom. The molecule has 0 spiro atoms. The number of nitrogens with zero attached hydrogens (tertiary/aromatic N) is 2. The zero-order chi connectivity index (χ0) is 9.84. The summed E-state index contributed by atoms with van der Waals surface area (Å²) >= 11 is 0. The Kier molecular flexibility index (Phi) is 3.25. The van der Waals surface area contributed by atoms with E-state index in [0.717, 1.165) is 17.9 Å². The molecule has 13 heavy (non-hydrogen) atoms. The second-order valence-electron chi connectivity index (χ2n) is 3.37. The van der Waals surface area contributed by atoms with Crippen LogP contribution in [0.5, 0.6) is 0 Å². The van der Waals surface area contributed by atoms with Gasteiger partial charge in [0.05, 0.1) is 24.3 Å². The number of hydrogen-bond acceptors (Lipinski definition) is 2. The molecule has 0 aliphatic rings. The van der Waals surface area contributed by atoms with Crippen LogP contribution in [0.1, 0.15) is 25.2 Å². The van der Waals surface area contributed by atoms with E-state index in [1.165, 1.54) is 5.57 Å². The van der Waals surface area contributed by atoms with Gasteiger partial charge in [0.15, 0.2) is 0 Å². The second-order valence-corrected chi connectivity index (χ2v) is 3.37. The molecular weight excluding hydrogens is 164 g/mol. The lowest BCUT2D eigenvalue weighted by Gasteiger charge is -2.03. The molecule has 1 N–H and O–H groups in total. The molecule has 0 aliphatic carbocycles. The SMILES string of the molecule is CC(C)=CCn1cnc(C)c1CO. The first-order valence-corrected chi connectivity index (χ1v) is 4.40. The molecule has 3 heteroatoms. The van der Waals surface area contributed by atoms with Crippen molar-refractivity contribution in [3.63, 3.8) is 0 Å². The van der Waals surface area contributed by atoms with Crippen LogP contribution < -0.4 is 0 Å². The summed E-state index contributed by atoms with van der Waals surface area (Å²) in [4.78, 5) is 4.14. The van der Waals surface area contributed by atoms with E-state index in [0.29, 0.717) is 0 Å². The summed E-state index contributed by atoms with van der Waals surface area (Å²) in [5.74, 6) is 0. The molecule has 0 bridgehead atoms. The van der Waals surface area contributed by atoms with Gasteiger partial charge in [-0.3, -0.25) is 0 Å². The van der Waals surface area contributed by atoms with Crippen molar-refractivity contribution in [2.75, 3.05) is 0 Å². The normalized spacial score (nSPS) is 10.2. The van der Waals surface area contributed by atoms with Gasteiger partial charge in [-0.25, -0.2) is 4.98 Å². The predicted molar refractivity (Wildman–Crippen MR) is 52.3 cm³/mol. The minimum Gasteiger partial charge on any atom is -0.390 e. The summed E-state index contributed by atoms with van der Waals surface area (Å²) in [6.45, 7) is 6.87. The molecule has 0 unspecified atom stereocenters. The Morgan fingerprint density at radius 3 is 2.85 bits per heavy atom. The van der Waals surface area contributed by atoms with Crippen LogP contribution in [-0.2, 0) is 13.2 Å². The van der Waals surface area contributed by atoms with Crippen LogP contribution in [-0.4, -0.2) is 14.7 Å². The van der Waals surface area contributed by atoms with Crippen molar-refractivity contribution in [1.82, 2.24) is 9.55 Å². The summed E-state index contributed by atoms with van der Waals surface area (Å²) < 4.78 is 1.96. The summed E-state index contributed by atoms with van der Waals surface area (Å²) in [6.07, 6.45) is 3.88. The van der Waals surface area contributed by atoms with Gasteiger partial charge in [-0.15, -0.1) is 0 Å². The molecular formula is C10H16N2O. The van der Waals surface area contributed by atoms with Gasteiger partial charge in [-0.05, 0) is 20.8 Å². The summed E-state index contributed by atoms with van der Waals surface area (Å²) in [5.41, 5.74) is 3.08. The maximum absolute atomic E-state index is 9.07. The Morgan fingerprint density at radius 2 is 2.31 bits per heavy atom. The molecule has 1 aromatic rings. The highest BCUT2D eigenvalue weighted by molar-refractivity contribution is 5.11. The highest BCUT2D eigenvalue weighted by Gasteiger charge is 2.03. The quantitative estimate of drug-likeness (QED) is 0.718. The Bertz CT molecular complexity index is 309. The lowest BCUT2D eigenvalue weighted by atomic mass is 10.3. The minimum atomic E-state index is 0.0580. The van der Waals surface area contributed by atoms with Gasteiger partial charge >= 0.3 is 0 Å². The smallest absolute Gasteiger partial charge is 0.0955 e. The molecule has 0 aromatic carbocycles. The fraction of sp³-hybridized carbons (Fsp3) is 0.500. The van der Waals surface area contributed by atoms with E-state index in [1.807, 2.05) is 11.5 Å². The Hall–Kier alpha value is -1.09. The van der Waals surface area contributed by atoms with Crippen LogP contribution >= 0.6 is 0 Å². The van der Waals surface area contributed by atoms with Crippen LogP contribution in [0.3, 0.4) is 0 Å². The monoisotopic (exact) mass is 180 g/mol. The van der Waals surface area contributed by atoms with Crippen LogP contribution in [0.25, 0.3) is 0 Å². The van der Waals surface area contributed by atoms with Crippen LogP contribution in [0.15, 0.2) is 18.0 Å².